The van der Waals surface area contributed by atoms with Crippen LogP contribution >= 0.6 is 11.3 Å². The Morgan fingerprint density at radius 1 is 1.14 bits per heavy atom. The van der Waals surface area contributed by atoms with Gasteiger partial charge in [-0.1, -0.05) is 0 Å². The van der Waals surface area contributed by atoms with Crippen LogP contribution in [-0.4, -0.2) is 37.6 Å². The van der Waals surface area contributed by atoms with Gasteiger partial charge in [0.05, 0.1) is 33.6 Å². The molecule has 0 saturated heterocycles. The third-order valence-corrected chi connectivity index (χ3v) is 4.71. The topological polar surface area (TPSA) is 103 Å². The van der Waals surface area contributed by atoms with E-state index in [4.69, 9.17) is 13.9 Å². The number of hydrogen-bond acceptors (Lipinski definition) is 7. The Morgan fingerprint density at radius 3 is 2.68 bits per heavy atom. The maximum Gasteiger partial charge on any atom is 0.271 e. The van der Waals surface area contributed by atoms with Crippen LogP contribution in [0.5, 0.6) is 11.5 Å². The van der Waals surface area contributed by atoms with E-state index in [-0.39, 0.29) is 24.7 Å². The quantitative estimate of drug-likeness (QED) is 0.601. The number of ether oxygens (including phenoxy) is 2. The van der Waals surface area contributed by atoms with Crippen LogP contribution < -0.4 is 20.1 Å². The van der Waals surface area contributed by atoms with Gasteiger partial charge >= 0.3 is 0 Å². The Bertz CT molecular complexity index is 952. The van der Waals surface area contributed by atoms with E-state index in [1.165, 1.54) is 17.6 Å². The van der Waals surface area contributed by atoms with Crippen LogP contribution in [0.25, 0.3) is 10.6 Å². The fraction of sp³-hybridized carbons (Fsp3) is 0.211. The van der Waals surface area contributed by atoms with Gasteiger partial charge < -0.3 is 24.5 Å². The van der Waals surface area contributed by atoms with E-state index in [0.717, 1.165) is 5.56 Å². The monoisotopic (exact) mass is 401 g/mol. The number of thiazole rings is 1. The average Bonchev–Trinajstić information content (AvgIpc) is 3.42. The maximum absolute atomic E-state index is 12.2. The fourth-order valence-corrected chi connectivity index (χ4v) is 3.19. The number of amides is 2. The highest BCUT2D eigenvalue weighted by Crippen LogP contribution is 2.33. The van der Waals surface area contributed by atoms with Crippen LogP contribution in [0, 0.1) is 0 Å². The Hall–Kier alpha value is -3.33. The minimum absolute atomic E-state index is 0.150. The second-order valence-corrected chi connectivity index (χ2v) is 6.50. The third-order valence-electron chi connectivity index (χ3n) is 3.82. The molecule has 28 heavy (non-hydrogen) atoms. The number of hydrogen-bond donors (Lipinski definition) is 2. The smallest absolute Gasteiger partial charge is 0.271 e. The van der Waals surface area contributed by atoms with Crippen molar-refractivity contribution in [2.75, 3.05) is 20.8 Å². The molecule has 0 radical (unpaired) electrons. The fourth-order valence-electron chi connectivity index (χ4n) is 2.39. The van der Waals surface area contributed by atoms with Crippen molar-refractivity contribution in [3.05, 3.63) is 53.4 Å². The van der Waals surface area contributed by atoms with Gasteiger partial charge in [-0.05, 0) is 30.3 Å². The molecule has 2 heterocycles. The highest BCUT2D eigenvalue weighted by Gasteiger charge is 2.14. The number of nitrogens with one attached hydrogen (secondary N) is 2. The van der Waals surface area contributed by atoms with Crippen molar-refractivity contribution in [1.29, 1.82) is 0 Å². The van der Waals surface area contributed by atoms with Gasteiger partial charge in [-0.3, -0.25) is 9.59 Å². The van der Waals surface area contributed by atoms with E-state index in [2.05, 4.69) is 15.6 Å². The standard InChI is InChI=1S/C19H19N3O5S/c1-25-15-6-5-12(8-16(15)26-2)19-22-14(11-28-19)18(24)21-10-17(23)20-9-13-4-3-7-27-13/h3-8,11H,9-10H2,1-2H3,(H,20,23)(H,21,24). The van der Waals surface area contributed by atoms with E-state index in [9.17, 15) is 9.59 Å². The lowest BCUT2D eigenvalue weighted by Crippen LogP contribution is -2.36. The second-order valence-electron chi connectivity index (χ2n) is 5.65. The molecule has 0 saturated carbocycles. The number of benzene rings is 1. The van der Waals surface area contributed by atoms with Crippen LogP contribution in [0.4, 0.5) is 0 Å². The molecule has 3 rings (SSSR count). The Labute approximate surface area is 165 Å². The average molecular weight is 401 g/mol. The predicted octanol–water partition coefficient (Wildman–Crippen LogP) is 2.47. The summed E-state index contributed by atoms with van der Waals surface area (Å²) in [7, 11) is 3.12. The van der Waals surface area contributed by atoms with E-state index in [1.54, 1.807) is 43.9 Å². The van der Waals surface area contributed by atoms with Gasteiger partial charge in [0.1, 0.15) is 16.5 Å². The minimum atomic E-state index is -0.420. The molecule has 9 heteroatoms. The molecule has 2 N–H and O–H groups in total. The normalized spacial score (nSPS) is 10.4. The number of carbonyl (C=O) groups excluding carboxylic acids is 2. The summed E-state index contributed by atoms with van der Waals surface area (Å²) < 4.78 is 15.6. The first-order valence-corrected chi connectivity index (χ1v) is 9.24. The molecular formula is C19H19N3O5S. The van der Waals surface area contributed by atoms with E-state index >= 15 is 0 Å². The molecule has 0 atom stereocenters. The van der Waals surface area contributed by atoms with Gasteiger partial charge in [0.2, 0.25) is 5.91 Å². The van der Waals surface area contributed by atoms with Crippen molar-refractivity contribution in [2.24, 2.45) is 0 Å². The minimum Gasteiger partial charge on any atom is -0.493 e. The lowest BCUT2D eigenvalue weighted by Gasteiger charge is -2.08. The highest BCUT2D eigenvalue weighted by molar-refractivity contribution is 7.13. The zero-order valence-corrected chi connectivity index (χ0v) is 16.2. The summed E-state index contributed by atoms with van der Waals surface area (Å²) >= 11 is 1.33. The summed E-state index contributed by atoms with van der Waals surface area (Å²) in [6.07, 6.45) is 1.53. The Balaban J connectivity index is 1.57. The number of nitrogens with zero attached hydrogens (tertiary/aromatic N) is 1. The van der Waals surface area contributed by atoms with Crippen LogP contribution in [0.2, 0.25) is 0 Å². The molecule has 0 aliphatic rings. The van der Waals surface area contributed by atoms with Gasteiger partial charge in [-0.25, -0.2) is 4.98 Å². The largest absolute Gasteiger partial charge is 0.493 e. The molecule has 8 nitrogen and oxygen atoms in total. The van der Waals surface area contributed by atoms with Crippen LogP contribution in [0.15, 0.2) is 46.4 Å². The first-order chi connectivity index (χ1) is 13.6. The lowest BCUT2D eigenvalue weighted by molar-refractivity contribution is -0.120. The van der Waals surface area contributed by atoms with Crippen LogP contribution in [0.3, 0.4) is 0 Å². The van der Waals surface area contributed by atoms with Crippen LogP contribution in [0.1, 0.15) is 16.2 Å². The summed E-state index contributed by atoms with van der Waals surface area (Å²) in [5.41, 5.74) is 1.05. The zero-order chi connectivity index (χ0) is 19.9. The van der Waals surface area contributed by atoms with Gasteiger partial charge in [0.25, 0.3) is 5.91 Å². The number of carbonyl (C=O) groups is 2. The maximum atomic E-state index is 12.2. The van der Waals surface area contributed by atoms with Crippen molar-refractivity contribution in [1.82, 2.24) is 15.6 Å². The van der Waals surface area contributed by atoms with Crippen molar-refractivity contribution in [3.63, 3.8) is 0 Å². The van der Waals surface area contributed by atoms with Crippen molar-refractivity contribution >= 4 is 23.2 Å². The lowest BCUT2D eigenvalue weighted by atomic mass is 10.2. The molecule has 1 aromatic carbocycles. The van der Waals surface area contributed by atoms with Gasteiger partial charge in [-0.15, -0.1) is 11.3 Å². The summed E-state index contributed by atoms with van der Waals surface area (Å²) in [5, 5.41) is 7.51. The Morgan fingerprint density at radius 2 is 1.96 bits per heavy atom. The number of methoxy groups -OCH3 is 2. The zero-order valence-electron chi connectivity index (χ0n) is 15.4. The van der Waals surface area contributed by atoms with Gasteiger partial charge in [0.15, 0.2) is 11.5 Å². The molecule has 2 amide bonds. The summed E-state index contributed by atoms with van der Waals surface area (Å²) in [6, 6.07) is 8.90. The summed E-state index contributed by atoms with van der Waals surface area (Å²) in [4.78, 5) is 28.4. The second kappa shape index (κ2) is 9.05. The van der Waals surface area contributed by atoms with E-state index < -0.39 is 5.91 Å². The number of furan rings is 1. The van der Waals surface area contributed by atoms with E-state index in [0.29, 0.717) is 22.3 Å². The number of rotatable bonds is 8. The molecule has 0 bridgehead atoms. The van der Waals surface area contributed by atoms with Gasteiger partial charge in [-0.2, -0.15) is 0 Å². The summed E-state index contributed by atoms with van der Waals surface area (Å²) in [6.45, 7) is 0.116. The van der Waals surface area contributed by atoms with Crippen molar-refractivity contribution in [3.8, 4) is 22.1 Å². The highest BCUT2D eigenvalue weighted by atomic mass is 32.1. The molecule has 0 spiro atoms. The van der Waals surface area contributed by atoms with Crippen molar-refractivity contribution in [2.45, 2.75) is 6.54 Å². The predicted molar refractivity (Wildman–Crippen MR) is 104 cm³/mol. The molecule has 0 unspecified atom stereocenters. The SMILES string of the molecule is COc1ccc(-c2nc(C(=O)NCC(=O)NCc3ccco3)cs2)cc1OC. The summed E-state index contributed by atoms with van der Waals surface area (Å²) in [5.74, 6) is 1.09. The first-order valence-electron chi connectivity index (χ1n) is 8.36. The van der Waals surface area contributed by atoms with E-state index in [1.807, 2.05) is 6.07 Å². The molecule has 0 fully saturated rings. The van der Waals surface area contributed by atoms with Crippen molar-refractivity contribution < 1.29 is 23.5 Å². The molecular weight excluding hydrogens is 382 g/mol. The third kappa shape index (κ3) is 4.68. The Kier molecular flexibility index (Phi) is 6.28. The molecule has 0 aliphatic heterocycles. The number of aromatic nitrogens is 1. The van der Waals surface area contributed by atoms with Gasteiger partial charge in [0, 0.05) is 10.9 Å². The molecule has 3 aromatic rings. The first kappa shape index (κ1) is 19.4. The molecule has 2 aromatic heterocycles. The molecule has 146 valence electrons. The van der Waals surface area contributed by atoms with Crippen LogP contribution in [-0.2, 0) is 11.3 Å². The molecule has 0 aliphatic carbocycles.